The SMILES string of the molecule is COc1cc(/C=N/NC#SNc2ccc(C)cc2)ccc1Oc1ccccc1. The Kier molecular flexibility index (Phi) is 6.90. The Morgan fingerprint density at radius 1 is 0.964 bits per heavy atom. The van der Waals surface area contributed by atoms with Crippen LogP contribution in [0.4, 0.5) is 5.69 Å². The maximum atomic E-state index is 5.85. The number of hydrazone groups is 1. The second kappa shape index (κ2) is 10.0. The Labute approximate surface area is 168 Å². The highest BCUT2D eigenvalue weighted by Gasteiger charge is 2.06. The van der Waals surface area contributed by atoms with Crippen LogP contribution in [-0.4, -0.2) is 13.3 Å². The minimum absolute atomic E-state index is 0.635. The van der Waals surface area contributed by atoms with Gasteiger partial charge < -0.3 is 14.2 Å². The molecule has 0 aliphatic carbocycles. The van der Waals surface area contributed by atoms with Gasteiger partial charge in [-0.25, -0.2) is 5.43 Å². The van der Waals surface area contributed by atoms with Crippen LogP contribution in [0, 0.1) is 12.2 Å². The highest BCUT2D eigenvalue weighted by atomic mass is 32.1. The number of nitrogens with zero attached hydrogens (tertiary/aromatic N) is 1. The van der Waals surface area contributed by atoms with Gasteiger partial charge >= 0.3 is 0 Å². The van der Waals surface area contributed by atoms with E-state index in [1.165, 1.54) is 16.9 Å². The highest BCUT2D eigenvalue weighted by molar-refractivity contribution is 7.90. The number of methoxy groups -OCH3 is 1. The van der Waals surface area contributed by atoms with Crippen molar-refractivity contribution < 1.29 is 9.47 Å². The second-order valence-electron chi connectivity index (χ2n) is 5.87. The Morgan fingerprint density at radius 2 is 1.75 bits per heavy atom. The molecule has 0 saturated carbocycles. The largest absolute Gasteiger partial charge is 0.493 e. The van der Waals surface area contributed by atoms with E-state index in [4.69, 9.17) is 9.47 Å². The van der Waals surface area contributed by atoms with Crippen LogP contribution >= 0.6 is 11.4 Å². The standard InChI is InChI=1S/C22H21N3O2S/c1-17-8-11-19(12-9-17)25-28-16-24-23-15-18-10-13-21(22(14-18)26-2)27-20-6-4-3-5-7-20/h3-15,24-25H,1-2H3/b23-15+. The molecule has 5 nitrogen and oxygen atoms in total. The van der Waals surface area contributed by atoms with Crippen LogP contribution in [0.2, 0.25) is 0 Å². The first-order valence-corrected chi connectivity index (χ1v) is 9.49. The van der Waals surface area contributed by atoms with Crippen molar-refractivity contribution in [2.24, 2.45) is 5.10 Å². The van der Waals surface area contributed by atoms with Crippen molar-refractivity contribution in [3.8, 4) is 22.6 Å². The lowest BCUT2D eigenvalue weighted by Gasteiger charge is -2.10. The quantitative estimate of drug-likeness (QED) is 0.256. The van der Waals surface area contributed by atoms with E-state index >= 15 is 0 Å². The van der Waals surface area contributed by atoms with Crippen LogP contribution in [-0.2, 0) is 0 Å². The molecule has 0 spiro atoms. The molecule has 0 bridgehead atoms. The van der Waals surface area contributed by atoms with Crippen molar-refractivity contribution in [1.29, 1.82) is 0 Å². The van der Waals surface area contributed by atoms with Gasteiger partial charge in [-0.3, -0.25) is 0 Å². The molecule has 0 aliphatic rings. The lowest BCUT2D eigenvalue weighted by Crippen LogP contribution is -1.96. The molecule has 3 rings (SSSR count). The van der Waals surface area contributed by atoms with Gasteiger partial charge in [0.2, 0.25) is 0 Å². The fourth-order valence-electron chi connectivity index (χ4n) is 2.33. The third-order valence-corrected chi connectivity index (χ3v) is 4.29. The average Bonchev–Trinajstić information content (AvgIpc) is 2.73. The van der Waals surface area contributed by atoms with Crippen LogP contribution in [0.1, 0.15) is 11.1 Å². The maximum absolute atomic E-state index is 5.85. The summed E-state index contributed by atoms with van der Waals surface area (Å²) in [6, 6.07) is 23.3. The molecule has 0 unspecified atom stereocenters. The van der Waals surface area contributed by atoms with Gasteiger partial charge in [-0.15, -0.1) is 0 Å². The molecule has 0 saturated heterocycles. The molecule has 0 radical (unpaired) electrons. The first kappa shape index (κ1) is 19.3. The zero-order valence-electron chi connectivity index (χ0n) is 15.7. The van der Waals surface area contributed by atoms with E-state index in [1.54, 1.807) is 13.3 Å². The van der Waals surface area contributed by atoms with Crippen LogP contribution in [0.15, 0.2) is 77.9 Å². The van der Waals surface area contributed by atoms with Gasteiger partial charge in [-0.05, 0) is 55.0 Å². The molecule has 0 aliphatic heterocycles. The van der Waals surface area contributed by atoms with E-state index in [-0.39, 0.29) is 0 Å². The van der Waals surface area contributed by atoms with Crippen LogP contribution < -0.4 is 19.6 Å². The average molecular weight is 391 g/mol. The van der Waals surface area contributed by atoms with E-state index in [0.29, 0.717) is 11.5 Å². The summed E-state index contributed by atoms with van der Waals surface area (Å²) in [6.07, 6.45) is 1.69. The summed E-state index contributed by atoms with van der Waals surface area (Å²) in [7, 11) is 1.61. The zero-order chi connectivity index (χ0) is 19.6. The number of nitrogens with one attached hydrogen (secondary N) is 2. The van der Waals surface area contributed by atoms with Crippen LogP contribution in [0.5, 0.6) is 17.2 Å². The fraction of sp³-hybridized carbons (Fsp3) is 0.0909. The lowest BCUT2D eigenvalue weighted by atomic mass is 10.2. The molecule has 3 aromatic rings. The van der Waals surface area contributed by atoms with Gasteiger partial charge in [0.05, 0.1) is 18.6 Å². The molecule has 0 atom stereocenters. The molecule has 2 N–H and O–H groups in total. The molecule has 0 aromatic heterocycles. The number of anilines is 1. The Balaban J connectivity index is 1.57. The number of hydrogen-bond acceptors (Lipinski definition) is 5. The second-order valence-corrected chi connectivity index (χ2v) is 6.48. The topological polar surface area (TPSA) is 54.9 Å². The van der Waals surface area contributed by atoms with E-state index in [1.807, 2.05) is 72.8 Å². The Hall–Kier alpha value is -3.47. The summed E-state index contributed by atoms with van der Waals surface area (Å²) in [5.41, 5.74) is 5.86. The van der Waals surface area contributed by atoms with E-state index in [0.717, 1.165) is 17.0 Å². The van der Waals surface area contributed by atoms with Crippen molar-refractivity contribution in [3.63, 3.8) is 0 Å². The molecule has 28 heavy (non-hydrogen) atoms. The third-order valence-electron chi connectivity index (χ3n) is 3.75. The summed E-state index contributed by atoms with van der Waals surface area (Å²) in [5, 5.41) is 7.03. The van der Waals surface area contributed by atoms with Crippen molar-refractivity contribution in [3.05, 3.63) is 83.9 Å². The van der Waals surface area contributed by atoms with Crippen molar-refractivity contribution in [2.45, 2.75) is 6.92 Å². The Bertz CT molecular complexity index is 994. The maximum Gasteiger partial charge on any atom is 0.169 e. The van der Waals surface area contributed by atoms with Crippen molar-refractivity contribution in [2.75, 3.05) is 11.8 Å². The van der Waals surface area contributed by atoms with Gasteiger partial charge in [0.15, 0.2) is 11.5 Å². The monoisotopic (exact) mass is 391 g/mol. The molecule has 142 valence electrons. The highest BCUT2D eigenvalue weighted by Crippen LogP contribution is 2.31. The number of ether oxygens (including phenoxy) is 2. The van der Waals surface area contributed by atoms with Gasteiger partial charge in [-0.1, -0.05) is 35.9 Å². The summed E-state index contributed by atoms with van der Waals surface area (Å²) >= 11 is 1.29. The first-order valence-electron chi connectivity index (χ1n) is 8.67. The minimum Gasteiger partial charge on any atom is -0.493 e. The van der Waals surface area contributed by atoms with Gasteiger partial charge in [-0.2, -0.15) is 5.10 Å². The summed E-state index contributed by atoms with van der Waals surface area (Å²) < 4.78 is 14.4. The molecule has 6 heteroatoms. The van der Waals surface area contributed by atoms with Gasteiger partial charge in [0.1, 0.15) is 5.75 Å². The molecule has 0 amide bonds. The summed E-state index contributed by atoms with van der Waals surface area (Å²) in [6.45, 7) is 2.06. The predicted molar refractivity (Wildman–Crippen MR) is 117 cm³/mol. The molecule has 0 fully saturated rings. The van der Waals surface area contributed by atoms with Gasteiger partial charge in [0.25, 0.3) is 0 Å². The molecular formula is C22H21N3O2S. The number of aryl methyl sites for hydroxylation is 1. The fourth-order valence-corrected chi connectivity index (χ4v) is 2.73. The zero-order valence-corrected chi connectivity index (χ0v) is 16.5. The normalized spacial score (nSPS) is 10.2. The number of hydrogen-bond donors (Lipinski definition) is 2. The Morgan fingerprint density at radius 3 is 2.50 bits per heavy atom. The number of rotatable bonds is 6. The lowest BCUT2D eigenvalue weighted by molar-refractivity contribution is 0.379. The first-order chi connectivity index (χ1) is 13.7. The number of para-hydroxylation sites is 1. The number of benzene rings is 3. The van der Waals surface area contributed by atoms with Crippen LogP contribution in [0.3, 0.4) is 0 Å². The smallest absolute Gasteiger partial charge is 0.169 e. The van der Waals surface area contributed by atoms with Crippen molar-refractivity contribution >= 4 is 23.3 Å². The van der Waals surface area contributed by atoms with E-state index in [9.17, 15) is 0 Å². The predicted octanol–water partition coefficient (Wildman–Crippen LogP) is 5.40. The van der Waals surface area contributed by atoms with E-state index < -0.39 is 0 Å². The molecular weight excluding hydrogens is 370 g/mol. The third kappa shape index (κ3) is 5.77. The summed E-state index contributed by atoms with van der Waals surface area (Å²) in [5.74, 6) is 2.04. The van der Waals surface area contributed by atoms with Gasteiger partial charge in [0, 0.05) is 17.0 Å². The molecule has 3 aromatic carbocycles. The van der Waals surface area contributed by atoms with Crippen molar-refractivity contribution in [1.82, 2.24) is 5.43 Å². The molecule has 0 heterocycles. The minimum atomic E-state index is 0.635. The van der Waals surface area contributed by atoms with E-state index in [2.05, 4.69) is 27.5 Å². The van der Waals surface area contributed by atoms with Crippen LogP contribution in [0.25, 0.3) is 0 Å². The summed E-state index contributed by atoms with van der Waals surface area (Å²) in [4.78, 5) is 0.